The Morgan fingerprint density at radius 2 is 1.08 bits per heavy atom. The quantitative estimate of drug-likeness (QED) is 0.290. The van der Waals surface area contributed by atoms with Gasteiger partial charge in [-0.15, -0.1) is 0 Å². The lowest BCUT2D eigenvalue weighted by molar-refractivity contribution is -0.0846. The highest BCUT2D eigenvalue weighted by molar-refractivity contribution is 7.53. The predicted octanol–water partition coefficient (Wildman–Crippen LogP) is 5.20. The Balaban J connectivity index is 1.52. The lowest BCUT2D eigenvalue weighted by Crippen LogP contribution is -2.40. The monoisotopic (exact) mass is 525 g/mol. The Morgan fingerprint density at radius 1 is 0.649 bits per heavy atom. The van der Waals surface area contributed by atoms with Crippen LogP contribution in [0.15, 0.2) is 91.0 Å². The van der Waals surface area contributed by atoms with Crippen molar-refractivity contribution in [2.24, 2.45) is 0 Å². The SMILES string of the molecule is COP(=O)(C[C@H]1N[C@H](COCc2ccccc2)[C@@H](OCc2ccccc2)[C@@H]1OCc1ccccc1)OC. The first-order valence-electron chi connectivity index (χ1n) is 12.5. The summed E-state index contributed by atoms with van der Waals surface area (Å²) in [7, 11) is -0.495. The van der Waals surface area contributed by atoms with Crippen LogP contribution in [0.4, 0.5) is 0 Å². The molecule has 37 heavy (non-hydrogen) atoms. The van der Waals surface area contributed by atoms with E-state index in [0.29, 0.717) is 26.4 Å². The molecule has 1 aliphatic heterocycles. The van der Waals surface area contributed by atoms with Gasteiger partial charge in [-0.2, -0.15) is 0 Å². The Kier molecular flexibility index (Phi) is 10.5. The third kappa shape index (κ3) is 8.06. The molecule has 0 amide bonds. The first-order chi connectivity index (χ1) is 18.1. The lowest BCUT2D eigenvalue weighted by atomic mass is 10.1. The standard InChI is InChI=1S/C29H36NO6P/c1-32-37(31,33-2)22-27-29(36-20-25-16-10-5-11-17-25)28(35-19-24-14-8-4-9-15-24)26(30-27)21-34-18-23-12-6-3-7-13-23/h3-17,26-30H,18-22H2,1-2H3/t26-,27-,28-,29-/m1/s1. The molecule has 0 spiro atoms. The van der Waals surface area contributed by atoms with Gasteiger partial charge in [-0.3, -0.25) is 4.57 Å². The first kappa shape index (κ1) is 27.7. The van der Waals surface area contributed by atoms with Gasteiger partial charge in [-0.1, -0.05) is 91.0 Å². The summed E-state index contributed by atoms with van der Waals surface area (Å²) >= 11 is 0. The zero-order valence-corrected chi connectivity index (χ0v) is 22.3. The van der Waals surface area contributed by atoms with Crippen LogP contribution < -0.4 is 5.32 Å². The second-order valence-corrected chi connectivity index (χ2v) is 11.4. The van der Waals surface area contributed by atoms with Crippen molar-refractivity contribution in [3.63, 3.8) is 0 Å². The van der Waals surface area contributed by atoms with Crippen LogP contribution in [0.3, 0.4) is 0 Å². The van der Waals surface area contributed by atoms with Crippen molar-refractivity contribution in [2.75, 3.05) is 27.0 Å². The molecule has 0 unspecified atom stereocenters. The van der Waals surface area contributed by atoms with E-state index in [-0.39, 0.29) is 24.3 Å². The van der Waals surface area contributed by atoms with Gasteiger partial charge in [0.15, 0.2) is 0 Å². The minimum absolute atomic E-state index is 0.153. The molecule has 198 valence electrons. The molecule has 1 saturated heterocycles. The van der Waals surface area contributed by atoms with E-state index in [2.05, 4.69) is 5.32 Å². The van der Waals surface area contributed by atoms with Gasteiger partial charge in [-0.25, -0.2) is 0 Å². The summed E-state index contributed by atoms with van der Waals surface area (Å²) < 4.78 is 42.7. The Labute approximate surface area is 219 Å². The molecular formula is C29H36NO6P. The molecule has 8 heteroatoms. The van der Waals surface area contributed by atoms with Gasteiger partial charge in [0.05, 0.1) is 38.6 Å². The zero-order chi connectivity index (χ0) is 25.9. The summed E-state index contributed by atoms with van der Waals surface area (Å²) in [6, 6.07) is 29.6. The summed E-state index contributed by atoms with van der Waals surface area (Å²) in [6.45, 7) is 1.71. The molecule has 0 saturated carbocycles. The molecule has 1 heterocycles. The third-order valence-electron chi connectivity index (χ3n) is 6.50. The van der Waals surface area contributed by atoms with Crippen molar-refractivity contribution in [3.8, 4) is 0 Å². The van der Waals surface area contributed by atoms with Crippen molar-refractivity contribution >= 4 is 7.60 Å². The Hall–Kier alpha value is -2.35. The molecule has 0 radical (unpaired) electrons. The summed E-state index contributed by atoms with van der Waals surface area (Å²) in [5.41, 5.74) is 3.21. The molecule has 0 aromatic heterocycles. The number of rotatable bonds is 14. The second kappa shape index (κ2) is 14.0. The van der Waals surface area contributed by atoms with Crippen molar-refractivity contribution in [1.29, 1.82) is 0 Å². The molecule has 1 fully saturated rings. The van der Waals surface area contributed by atoms with Crippen LogP contribution in [0.25, 0.3) is 0 Å². The van der Waals surface area contributed by atoms with E-state index in [4.69, 9.17) is 23.3 Å². The third-order valence-corrected chi connectivity index (χ3v) is 8.45. The smallest absolute Gasteiger partial charge is 0.331 e. The zero-order valence-electron chi connectivity index (χ0n) is 21.4. The predicted molar refractivity (Wildman–Crippen MR) is 143 cm³/mol. The van der Waals surface area contributed by atoms with E-state index in [1.165, 1.54) is 14.2 Å². The highest BCUT2D eigenvalue weighted by Gasteiger charge is 2.47. The van der Waals surface area contributed by atoms with Gasteiger partial charge in [0.25, 0.3) is 0 Å². The molecule has 3 aromatic rings. The molecule has 0 aliphatic carbocycles. The molecule has 3 aromatic carbocycles. The van der Waals surface area contributed by atoms with E-state index in [0.717, 1.165) is 16.7 Å². The van der Waals surface area contributed by atoms with Crippen molar-refractivity contribution in [2.45, 2.75) is 44.1 Å². The number of benzene rings is 3. The highest BCUT2D eigenvalue weighted by Crippen LogP contribution is 2.48. The number of hydrogen-bond acceptors (Lipinski definition) is 7. The van der Waals surface area contributed by atoms with E-state index in [9.17, 15) is 4.57 Å². The summed E-state index contributed by atoms with van der Waals surface area (Å²) in [6.07, 6.45) is -0.584. The Morgan fingerprint density at radius 3 is 1.54 bits per heavy atom. The number of nitrogens with one attached hydrogen (secondary N) is 1. The second-order valence-electron chi connectivity index (χ2n) is 9.06. The molecule has 4 atom stereocenters. The summed E-state index contributed by atoms with van der Waals surface area (Å²) in [5, 5.41) is 3.57. The van der Waals surface area contributed by atoms with Crippen LogP contribution in [0, 0.1) is 0 Å². The molecular weight excluding hydrogens is 489 g/mol. The summed E-state index contributed by atoms with van der Waals surface area (Å²) in [5.74, 6) is 0. The fraction of sp³-hybridized carbons (Fsp3) is 0.379. The lowest BCUT2D eigenvalue weighted by Gasteiger charge is -2.27. The van der Waals surface area contributed by atoms with Crippen LogP contribution in [0.5, 0.6) is 0 Å². The van der Waals surface area contributed by atoms with Gasteiger partial charge >= 0.3 is 7.60 Å². The average molecular weight is 526 g/mol. The minimum Gasteiger partial charge on any atom is -0.375 e. The van der Waals surface area contributed by atoms with Gasteiger partial charge in [0.1, 0.15) is 12.2 Å². The maximum atomic E-state index is 13.1. The van der Waals surface area contributed by atoms with Gasteiger partial charge in [0.2, 0.25) is 0 Å². The van der Waals surface area contributed by atoms with Crippen LogP contribution >= 0.6 is 7.60 Å². The van der Waals surface area contributed by atoms with E-state index in [1.54, 1.807) is 0 Å². The molecule has 7 nitrogen and oxygen atoms in total. The van der Waals surface area contributed by atoms with Gasteiger partial charge < -0.3 is 28.6 Å². The van der Waals surface area contributed by atoms with E-state index in [1.807, 2.05) is 91.0 Å². The topological polar surface area (TPSA) is 75.3 Å². The van der Waals surface area contributed by atoms with Crippen molar-refractivity contribution < 1.29 is 27.8 Å². The maximum Gasteiger partial charge on any atom is 0.331 e. The number of ether oxygens (including phenoxy) is 3. The highest BCUT2D eigenvalue weighted by atomic mass is 31.2. The molecule has 1 aliphatic rings. The first-order valence-corrected chi connectivity index (χ1v) is 14.2. The molecule has 4 rings (SSSR count). The van der Waals surface area contributed by atoms with Crippen LogP contribution in [-0.4, -0.2) is 51.3 Å². The van der Waals surface area contributed by atoms with Crippen LogP contribution in [-0.2, 0) is 47.6 Å². The van der Waals surface area contributed by atoms with Crippen molar-refractivity contribution in [3.05, 3.63) is 108 Å². The molecule has 1 N–H and O–H groups in total. The average Bonchev–Trinajstić information content (AvgIpc) is 3.27. The fourth-order valence-electron chi connectivity index (χ4n) is 4.52. The molecule has 0 bridgehead atoms. The Bertz CT molecular complexity index is 1090. The van der Waals surface area contributed by atoms with E-state index < -0.39 is 13.7 Å². The van der Waals surface area contributed by atoms with Crippen LogP contribution in [0.1, 0.15) is 16.7 Å². The fourth-order valence-corrected chi connectivity index (χ4v) is 5.76. The largest absolute Gasteiger partial charge is 0.375 e. The van der Waals surface area contributed by atoms with E-state index >= 15 is 0 Å². The van der Waals surface area contributed by atoms with Gasteiger partial charge in [-0.05, 0) is 16.7 Å². The van der Waals surface area contributed by atoms with Crippen molar-refractivity contribution in [1.82, 2.24) is 5.32 Å². The minimum atomic E-state index is -3.31. The normalized spacial score (nSPS) is 21.8. The maximum absolute atomic E-state index is 13.1. The number of hydrogen-bond donors (Lipinski definition) is 1. The van der Waals surface area contributed by atoms with Crippen LogP contribution in [0.2, 0.25) is 0 Å². The summed E-state index contributed by atoms with van der Waals surface area (Å²) in [4.78, 5) is 0. The van der Waals surface area contributed by atoms with Gasteiger partial charge in [0, 0.05) is 20.3 Å².